The maximum Gasteiger partial charge on any atom is 0.254 e. The lowest BCUT2D eigenvalue weighted by molar-refractivity contribution is -0.126. The molecule has 2 amide bonds. The maximum atomic E-state index is 12.8. The molecule has 1 heterocycles. The van der Waals surface area contributed by atoms with Crippen molar-refractivity contribution in [1.29, 1.82) is 0 Å². The Balaban J connectivity index is 1.97. The minimum absolute atomic E-state index is 0.0456. The molecule has 1 aromatic rings. The number of nitrogens with one attached hydrogen (secondary N) is 1. The summed E-state index contributed by atoms with van der Waals surface area (Å²) in [5, 5.41) is 2.96. The SMILES string of the molecule is CCCNC(=O)C1CCN(C(=O)c2cc(SC)ccc2C)CC1. The highest BCUT2D eigenvalue weighted by Crippen LogP contribution is 2.23. The first-order valence-electron chi connectivity index (χ1n) is 8.28. The van der Waals surface area contributed by atoms with Gasteiger partial charge in [-0.1, -0.05) is 13.0 Å². The van der Waals surface area contributed by atoms with Crippen LogP contribution in [-0.2, 0) is 4.79 Å². The van der Waals surface area contributed by atoms with E-state index in [9.17, 15) is 9.59 Å². The maximum absolute atomic E-state index is 12.8. The molecular formula is C18H26N2O2S. The average molecular weight is 334 g/mol. The molecule has 1 aliphatic heterocycles. The Morgan fingerprint density at radius 1 is 1.30 bits per heavy atom. The standard InChI is InChI=1S/C18H26N2O2S/c1-4-9-19-17(21)14-7-10-20(11-8-14)18(22)16-12-15(23-3)6-5-13(16)2/h5-6,12,14H,4,7-11H2,1-3H3,(H,19,21). The minimum Gasteiger partial charge on any atom is -0.356 e. The van der Waals surface area contributed by atoms with Crippen molar-refractivity contribution in [3.63, 3.8) is 0 Å². The van der Waals surface area contributed by atoms with Gasteiger partial charge in [-0.2, -0.15) is 0 Å². The van der Waals surface area contributed by atoms with Crippen molar-refractivity contribution >= 4 is 23.6 Å². The van der Waals surface area contributed by atoms with Crippen LogP contribution in [0.15, 0.2) is 23.1 Å². The van der Waals surface area contributed by atoms with Crippen molar-refractivity contribution in [2.24, 2.45) is 5.92 Å². The van der Waals surface area contributed by atoms with Gasteiger partial charge in [0, 0.05) is 36.0 Å². The first-order chi connectivity index (χ1) is 11.1. The van der Waals surface area contributed by atoms with Crippen LogP contribution in [0, 0.1) is 12.8 Å². The number of benzene rings is 1. The fraction of sp³-hybridized carbons (Fsp3) is 0.556. The molecule has 126 valence electrons. The molecule has 0 saturated carbocycles. The normalized spacial score (nSPS) is 15.5. The molecule has 23 heavy (non-hydrogen) atoms. The van der Waals surface area contributed by atoms with E-state index < -0.39 is 0 Å². The molecule has 1 aliphatic rings. The first-order valence-corrected chi connectivity index (χ1v) is 9.51. The number of rotatable bonds is 5. The Bertz CT molecular complexity index is 566. The van der Waals surface area contributed by atoms with E-state index in [1.165, 1.54) is 0 Å². The Morgan fingerprint density at radius 3 is 2.61 bits per heavy atom. The van der Waals surface area contributed by atoms with Crippen molar-refractivity contribution in [3.05, 3.63) is 29.3 Å². The minimum atomic E-state index is 0.0456. The van der Waals surface area contributed by atoms with Gasteiger partial charge in [0.1, 0.15) is 0 Å². The van der Waals surface area contributed by atoms with E-state index >= 15 is 0 Å². The fourth-order valence-electron chi connectivity index (χ4n) is 2.87. The molecule has 5 heteroatoms. The summed E-state index contributed by atoms with van der Waals surface area (Å²) in [6.45, 7) is 6.07. The Morgan fingerprint density at radius 2 is 2.00 bits per heavy atom. The number of thioether (sulfide) groups is 1. The van der Waals surface area contributed by atoms with Crippen LogP contribution in [0.4, 0.5) is 0 Å². The number of carbonyl (C=O) groups is 2. The highest BCUT2D eigenvalue weighted by molar-refractivity contribution is 7.98. The zero-order valence-corrected chi connectivity index (χ0v) is 15.0. The van der Waals surface area contributed by atoms with Gasteiger partial charge in [-0.05, 0) is 50.1 Å². The van der Waals surface area contributed by atoms with Crippen LogP contribution in [0.5, 0.6) is 0 Å². The number of nitrogens with zero attached hydrogens (tertiary/aromatic N) is 1. The summed E-state index contributed by atoms with van der Waals surface area (Å²) >= 11 is 1.64. The zero-order chi connectivity index (χ0) is 16.8. The summed E-state index contributed by atoms with van der Waals surface area (Å²) in [5.41, 5.74) is 1.79. The van der Waals surface area contributed by atoms with Gasteiger partial charge >= 0.3 is 0 Å². The van der Waals surface area contributed by atoms with E-state index in [0.717, 1.165) is 41.8 Å². The summed E-state index contributed by atoms with van der Waals surface area (Å²) in [6.07, 6.45) is 4.47. The topological polar surface area (TPSA) is 49.4 Å². The van der Waals surface area contributed by atoms with Gasteiger partial charge in [-0.25, -0.2) is 0 Å². The molecule has 0 radical (unpaired) electrons. The molecular weight excluding hydrogens is 308 g/mol. The fourth-order valence-corrected chi connectivity index (χ4v) is 3.31. The third-order valence-electron chi connectivity index (χ3n) is 4.38. The van der Waals surface area contributed by atoms with E-state index in [1.54, 1.807) is 11.8 Å². The van der Waals surface area contributed by atoms with Crippen LogP contribution in [0.2, 0.25) is 0 Å². The molecule has 0 atom stereocenters. The van der Waals surface area contributed by atoms with E-state index in [-0.39, 0.29) is 17.7 Å². The summed E-state index contributed by atoms with van der Waals surface area (Å²) in [5.74, 6) is 0.273. The van der Waals surface area contributed by atoms with Gasteiger partial charge < -0.3 is 10.2 Å². The third kappa shape index (κ3) is 4.50. The van der Waals surface area contributed by atoms with Gasteiger partial charge in [-0.3, -0.25) is 9.59 Å². The van der Waals surface area contributed by atoms with Crippen LogP contribution in [0.3, 0.4) is 0 Å². The third-order valence-corrected chi connectivity index (χ3v) is 5.10. The van der Waals surface area contributed by atoms with Gasteiger partial charge in [0.2, 0.25) is 5.91 Å². The zero-order valence-electron chi connectivity index (χ0n) is 14.2. The lowest BCUT2D eigenvalue weighted by atomic mass is 9.95. The van der Waals surface area contributed by atoms with Crippen molar-refractivity contribution in [2.45, 2.75) is 38.0 Å². The Labute approximate surface area is 143 Å². The molecule has 1 saturated heterocycles. The second kappa shape index (κ2) is 8.39. The van der Waals surface area contributed by atoms with Crippen LogP contribution < -0.4 is 5.32 Å². The van der Waals surface area contributed by atoms with Crippen molar-refractivity contribution in [3.8, 4) is 0 Å². The predicted molar refractivity (Wildman–Crippen MR) is 94.9 cm³/mol. The first kappa shape index (κ1) is 17.9. The second-order valence-corrected chi connectivity index (χ2v) is 6.92. The summed E-state index contributed by atoms with van der Waals surface area (Å²) in [6, 6.07) is 6.02. The Kier molecular flexibility index (Phi) is 6.51. The molecule has 4 nitrogen and oxygen atoms in total. The molecule has 0 aliphatic carbocycles. The number of hydrogen-bond donors (Lipinski definition) is 1. The number of aryl methyl sites for hydroxylation is 1. The number of piperidine rings is 1. The van der Waals surface area contributed by atoms with Gasteiger partial charge in [0.25, 0.3) is 5.91 Å². The molecule has 2 rings (SSSR count). The van der Waals surface area contributed by atoms with E-state index in [2.05, 4.69) is 5.32 Å². The average Bonchev–Trinajstić information content (AvgIpc) is 2.59. The van der Waals surface area contributed by atoms with Crippen LogP contribution in [0.1, 0.15) is 42.1 Å². The molecule has 0 aromatic heterocycles. The smallest absolute Gasteiger partial charge is 0.254 e. The highest BCUT2D eigenvalue weighted by Gasteiger charge is 2.28. The van der Waals surface area contributed by atoms with Crippen molar-refractivity contribution in [1.82, 2.24) is 10.2 Å². The second-order valence-electron chi connectivity index (χ2n) is 6.04. The van der Waals surface area contributed by atoms with E-state index in [1.807, 2.05) is 43.2 Å². The van der Waals surface area contributed by atoms with Gasteiger partial charge in [0.05, 0.1) is 0 Å². The monoisotopic (exact) mass is 334 g/mol. The molecule has 0 spiro atoms. The lowest BCUT2D eigenvalue weighted by Gasteiger charge is -2.31. The lowest BCUT2D eigenvalue weighted by Crippen LogP contribution is -2.43. The number of likely N-dealkylation sites (tertiary alicyclic amines) is 1. The largest absolute Gasteiger partial charge is 0.356 e. The number of amides is 2. The molecule has 1 fully saturated rings. The quantitative estimate of drug-likeness (QED) is 0.842. The summed E-state index contributed by atoms with van der Waals surface area (Å²) in [4.78, 5) is 27.8. The number of hydrogen-bond acceptors (Lipinski definition) is 3. The molecule has 0 bridgehead atoms. The van der Waals surface area contributed by atoms with Crippen LogP contribution in [-0.4, -0.2) is 42.6 Å². The molecule has 1 aromatic carbocycles. The predicted octanol–water partition coefficient (Wildman–Crippen LogP) is 3.10. The van der Waals surface area contributed by atoms with Crippen LogP contribution >= 0.6 is 11.8 Å². The van der Waals surface area contributed by atoms with E-state index in [4.69, 9.17) is 0 Å². The summed E-state index contributed by atoms with van der Waals surface area (Å²) < 4.78 is 0. The highest BCUT2D eigenvalue weighted by atomic mass is 32.2. The molecule has 1 N–H and O–H groups in total. The van der Waals surface area contributed by atoms with Gasteiger partial charge in [-0.15, -0.1) is 11.8 Å². The van der Waals surface area contributed by atoms with Gasteiger partial charge in [0.15, 0.2) is 0 Å². The van der Waals surface area contributed by atoms with Crippen molar-refractivity contribution in [2.75, 3.05) is 25.9 Å². The van der Waals surface area contributed by atoms with Crippen molar-refractivity contribution < 1.29 is 9.59 Å². The van der Waals surface area contributed by atoms with Crippen LogP contribution in [0.25, 0.3) is 0 Å². The Hall–Kier alpha value is -1.49. The van der Waals surface area contributed by atoms with E-state index in [0.29, 0.717) is 13.1 Å². The number of carbonyl (C=O) groups excluding carboxylic acids is 2. The molecule has 0 unspecified atom stereocenters. The summed E-state index contributed by atoms with van der Waals surface area (Å²) in [7, 11) is 0.